The maximum Gasteiger partial charge on any atom is 0.123 e. The van der Waals surface area contributed by atoms with Crippen molar-refractivity contribution in [1.29, 1.82) is 0 Å². The molecule has 20 heavy (non-hydrogen) atoms. The van der Waals surface area contributed by atoms with Gasteiger partial charge in [0, 0.05) is 6.61 Å². The molecule has 0 fully saturated rings. The molecule has 3 heteroatoms. The lowest BCUT2D eigenvalue weighted by atomic mass is 9.93. The van der Waals surface area contributed by atoms with Gasteiger partial charge in [-0.3, -0.25) is 0 Å². The maximum absolute atomic E-state index is 13.5. The zero-order chi connectivity index (χ0) is 14.5. The molecule has 106 valence electrons. The van der Waals surface area contributed by atoms with E-state index in [1.165, 1.54) is 12.1 Å². The lowest BCUT2D eigenvalue weighted by molar-refractivity contribution is 0.0427. The Morgan fingerprint density at radius 2 is 1.85 bits per heavy atom. The van der Waals surface area contributed by atoms with Crippen molar-refractivity contribution in [3.05, 3.63) is 71.0 Å². The van der Waals surface area contributed by atoms with E-state index in [1.54, 1.807) is 6.07 Å². The molecule has 2 rings (SSSR count). The smallest absolute Gasteiger partial charge is 0.123 e. The Hall–Kier alpha value is -1.71. The standard InChI is InChI=1S/C17H20FNO/c1-3-20-17(13-7-5-4-6-8-13)16(19)15-11-14(18)10-9-12(15)2/h4-11,16-17H,3,19H2,1-2H3. The highest BCUT2D eigenvalue weighted by Gasteiger charge is 2.23. The average molecular weight is 273 g/mol. The molecule has 2 N–H and O–H groups in total. The van der Waals surface area contributed by atoms with Crippen molar-refractivity contribution in [2.45, 2.75) is 26.0 Å². The normalized spacial score (nSPS) is 14.0. The van der Waals surface area contributed by atoms with Crippen LogP contribution in [0, 0.1) is 12.7 Å². The Balaban J connectivity index is 2.36. The zero-order valence-corrected chi connectivity index (χ0v) is 11.8. The Kier molecular flexibility index (Phi) is 4.88. The number of rotatable bonds is 5. The molecule has 2 aromatic rings. The van der Waals surface area contributed by atoms with Gasteiger partial charge in [-0.15, -0.1) is 0 Å². The van der Waals surface area contributed by atoms with Crippen LogP contribution >= 0.6 is 0 Å². The summed E-state index contributed by atoms with van der Waals surface area (Å²) in [6.45, 7) is 4.42. The Labute approximate surface area is 119 Å². The van der Waals surface area contributed by atoms with Crippen molar-refractivity contribution in [3.8, 4) is 0 Å². The van der Waals surface area contributed by atoms with Gasteiger partial charge in [0.1, 0.15) is 11.9 Å². The molecule has 0 amide bonds. The summed E-state index contributed by atoms with van der Waals surface area (Å²) in [6, 6.07) is 14.1. The first-order valence-corrected chi connectivity index (χ1v) is 6.81. The SMILES string of the molecule is CCOC(c1ccccc1)C(N)c1cc(F)ccc1C. The summed E-state index contributed by atoms with van der Waals surface area (Å²) in [4.78, 5) is 0. The lowest BCUT2D eigenvalue weighted by Crippen LogP contribution is -2.23. The van der Waals surface area contributed by atoms with Crippen LogP contribution in [0.2, 0.25) is 0 Å². The van der Waals surface area contributed by atoms with Crippen LogP contribution in [0.4, 0.5) is 4.39 Å². The first-order chi connectivity index (χ1) is 9.63. The van der Waals surface area contributed by atoms with Gasteiger partial charge in [-0.25, -0.2) is 4.39 Å². The van der Waals surface area contributed by atoms with Crippen LogP contribution in [0.3, 0.4) is 0 Å². The van der Waals surface area contributed by atoms with E-state index in [-0.39, 0.29) is 11.9 Å². The van der Waals surface area contributed by atoms with E-state index in [0.29, 0.717) is 6.61 Å². The molecule has 0 aromatic heterocycles. The van der Waals surface area contributed by atoms with E-state index in [4.69, 9.17) is 10.5 Å². The van der Waals surface area contributed by atoms with Gasteiger partial charge < -0.3 is 10.5 Å². The summed E-state index contributed by atoms with van der Waals surface area (Å²) in [6.07, 6.45) is -0.276. The highest BCUT2D eigenvalue weighted by molar-refractivity contribution is 5.32. The number of aryl methyl sites for hydroxylation is 1. The minimum absolute atomic E-state index is 0.274. The molecule has 2 atom stereocenters. The van der Waals surface area contributed by atoms with Crippen LogP contribution in [0.25, 0.3) is 0 Å². The van der Waals surface area contributed by atoms with E-state index in [9.17, 15) is 4.39 Å². The Morgan fingerprint density at radius 3 is 2.50 bits per heavy atom. The molecule has 0 heterocycles. The number of halogens is 1. The molecule has 0 aliphatic rings. The van der Waals surface area contributed by atoms with Gasteiger partial charge in [-0.05, 0) is 42.7 Å². The third-order valence-electron chi connectivity index (χ3n) is 3.40. The van der Waals surface area contributed by atoms with E-state index in [2.05, 4.69) is 0 Å². The van der Waals surface area contributed by atoms with Gasteiger partial charge in [0.05, 0.1) is 6.04 Å². The molecule has 0 saturated carbocycles. The Morgan fingerprint density at radius 1 is 1.15 bits per heavy atom. The minimum atomic E-state index is -0.395. The van der Waals surface area contributed by atoms with Crippen molar-refractivity contribution in [3.63, 3.8) is 0 Å². The molecule has 0 radical (unpaired) electrons. The molecule has 0 aliphatic heterocycles. The minimum Gasteiger partial charge on any atom is -0.372 e. The summed E-state index contributed by atoms with van der Waals surface area (Å²) in [5.41, 5.74) is 9.10. The molecule has 0 bridgehead atoms. The number of hydrogen-bond donors (Lipinski definition) is 1. The number of ether oxygens (including phenoxy) is 1. The topological polar surface area (TPSA) is 35.2 Å². The zero-order valence-electron chi connectivity index (χ0n) is 11.8. The summed E-state index contributed by atoms with van der Waals surface area (Å²) < 4.78 is 19.3. The lowest BCUT2D eigenvalue weighted by Gasteiger charge is -2.26. The van der Waals surface area contributed by atoms with Crippen LogP contribution in [0.1, 0.15) is 35.8 Å². The van der Waals surface area contributed by atoms with Crippen LogP contribution < -0.4 is 5.73 Å². The van der Waals surface area contributed by atoms with E-state index in [1.807, 2.05) is 44.2 Å². The molecule has 2 unspecified atom stereocenters. The van der Waals surface area contributed by atoms with E-state index >= 15 is 0 Å². The highest BCUT2D eigenvalue weighted by Crippen LogP contribution is 2.32. The largest absolute Gasteiger partial charge is 0.372 e. The fourth-order valence-corrected chi connectivity index (χ4v) is 2.36. The average Bonchev–Trinajstić information content (AvgIpc) is 2.47. The fraction of sp³-hybridized carbons (Fsp3) is 0.294. The van der Waals surface area contributed by atoms with Crippen molar-refractivity contribution < 1.29 is 9.13 Å². The van der Waals surface area contributed by atoms with Crippen molar-refractivity contribution >= 4 is 0 Å². The third kappa shape index (κ3) is 3.24. The predicted octanol–water partition coefficient (Wildman–Crippen LogP) is 3.91. The second kappa shape index (κ2) is 6.64. The quantitative estimate of drug-likeness (QED) is 0.896. The summed E-state index contributed by atoms with van der Waals surface area (Å²) in [5, 5.41) is 0. The molecular formula is C17H20FNO. The van der Waals surface area contributed by atoms with Crippen molar-refractivity contribution in [2.75, 3.05) is 6.61 Å². The third-order valence-corrected chi connectivity index (χ3v) is 3.40. The van der Waals surface area contributed by atoms with Gasteiger partial charge in [0.25, 0.3) is 0 Å². The molecule has 0 spiro atoms. The summed E-state index contributed by atoms with van der Waals surface area (Å²) in [5.74, 6) is -0.274. The van der Waals surface area contributed by atoms with Crippen molar-refractivity contribution in [1.82, 2.24) is 0 Å². The van der Waals surface area contributed by atoms with Gasteiger partial charge in [-0.2, -0.15) is 0 Å². The van der Waals surface area contributed by atoms with Gasteiger partial charge in [0.15, 0.2) is 0 Å². The van der Waals surface area contributed by atoms with E-state index < -0.39 is 6.04 Å². The summed E-state index contributed by atoms with van der Waals surface area (Å²) in [7, 11) is 0. The molecule has 0 saturated heterocycles. The molecule has 2 aromatic carbocycles. The van der Waals surface area contributed by atoms with Gasteiger partial charge >= 0.3 is 0 Å². The number of benzene rings is 2. The number of nitrogens with two attached hydrogens (primary N) is 1. The Bertz CT molecular complexity index is 556. The molecule has 0 aliphatic carbocycles. The van der Waals surface area contributed by atoms with Crippen molar-refractivity contribution in [2.24, 2.45) is 5.73 Å². The van der Waals surface area contributed by atoms with E-state index in [0.717, 1.165) is 16.7 Å². The first kappa shape index (κ1) is 14.7. The molecular weight excluding hydrogens is 253 g/mol. The first-order valence-electron chi connectivity index (χ1n) is 6.81. The van der Waals surface area contributed by atoms with Crippen LogP contribution in [0.5, 0.6) is 0 Å². The number of hydrogen-bond acceptors (Lipinski definition) is 2. The molecule has 2 nitrogen and oxygen atoms in total. The fourth-order valence-electron chi connectivity index (χ4n) is 2.36. The van der Waals surface area contributed by atoms with Crippen LogP contribution in [0.15, 0.2) is 48.5 Å². The van der Waals surface area contributed by atoms with Gasteiger partial charge in [-0.1, -0.05) is 36.4 Å². The second-order valence-corrected chi connectivity index (χ2v) is 4.81. The van der Waals surface area contributed by atoms with Crippen LogP contribution in [-0.4, -0.2) is 6.61 Å². The van der Waals surface area contributed by atoms with Crippen LogP contribution in [-0.2, 0) is 4.74 Å². The second-order valence-electron chi connectivity index (χ2n) is 4.81. The predicted molar refractivity (Wildman–Crippen MR) is 78.9 cm³/mol. The monoisotopic (exact) mass is 273 g/mol. The summed E-state index contributed by atoms with van der Waals surface area (Å²) >= 11 is 0. The highest BCUT2D eigenvalue weighted by atomic mass is 19.1. The van der Waals surface area contributed by atoms with Gasteiger partial charge in [0.2, 0.25) is 0 Å². The maximum atomic E-state index is 13.5.